The summed E-state index contributed by atoms with van der Waals surface area (Å²) in [6.07, 6.45) is 37.1. The molecule has 11 heteroatoms. The van der Waals surface area contributed by atoms with E-state index in [0.29, 0.717) is 12.8 Å². The minimum Gasteiger partial charge on any atom is -0.462 e. The number of phosphoric acid groups is 1. The summed E-state index contributed by atoms with van der Waals surface area (Å²) >= 11 is 0. The number of aliphatic hydroxyl groups excluding tert-OH is 2. The van der Waals surface area contributed by atoms with E-state index in [1.807, 2.05) is 0 Å². The predicted molar refractivity (Wildman–Crippen MR) is 215 cm³/mol. The highest BCUT2D eigenvalue weighted by Gasteiger charge is 2.27. The average Bonchev–Trinajstić information content (AvgIpc) is 3.14. The van der Waals surface area contributed by atoms with Crippen LogP contribution in [0.4, 0.5) is 0 Å². The second-order valence-corrected chi connectivity index (χ2v) is 15.8. The van der Waals surface area contributed by atoms with Crippen molar-refractivity contribution < 1.29 is 47.8 Å². The minimum atomic E-state index is -4.62. The van der Waals surface area contributed by atoms with Gasteiger partial charge in [-0.2, -0.15) is 0 Å². The van der Waals surface area contributed by atoms with Gasteiger partial charge in [0.2, 0.25) is 0 Å². The fourth-order valence-electron chi connectivity index (χ4n) is 5.75. The van der Waals surface area contributed by atoms with Crippen molar-refractivity contribution in [2.75, 3.05) is 26.4 Å². The second-order valence-electron chi connectivity index (χ2n) is 14.4. The molecule has 0 spiro atoms. The first-order valence-electron chi connectivity index (χ1n) is 21.3. The smallest absolute Gasteiger partial charge is 0.462 e. The summed E-state index contributed by atoms with van der Waals surface area (Å²) in [4.78, 5) is 34.9. The van der Waals surface area contributed by atoms with Crippen molar-refractivity contribution in [2.24, 2.45) is 0 Å². The van der Waals surface area contributed by atoms with E-state index in [-0.39, 0.29) is 19.4 Å². The lowest BCUT2D eigenvalue weighted by atomic mass is 10.1. The first-order chi connectivity index (χ1) is 25.7. The number of phosphoric ester groups is 1. The van der Waals surface area contributed by atoms with Crippen LogP contribution in [-0.2, 0) is 32.7 Å². The van der Waals surface area contributed by atoms with Gasteiger partial charge >= 0.3 is 19.8 Å². The van der Waals surface area contributed by atoms with Crippen LogP contribution >= 0.6 is 7.82 Å². The fraction of sp³-hybridized carbons (Fsp3) is 0.857. The van der Waals surface area contributed by atoms with E-state index in [2.05, 4.69) is 42.7 Å². The molecule has 0 saturated carbocycles. The fourth-order valence-corrected chi connectivity index (χ4v) is 6.54. The van der Waals surface area contributed by atoms with E-state index in [1.54, 1.807) is 0 Å². The largest absolute Gasteiger partial charge is 0.472 e. The van der Waals surface area contributed by atoms with Crippen molar-refractivity contribution in [1.82, 2.24) is 0 Å². The third-order valence-corrected chi connectivity index (χ3v) is 10.0. The number of rotatable bonds is 40. The lowest BCUT2D eigenvalue weighted by Gasteiger charge is -2.20. The molecule has 10 nitrogen and oxygen atoms in total. The van der Waals surface area contributed by atoms with Crippen LogP contribution in [0.1, 0.15) is 194 Å². The van der Waals surface area contributed by atoms with Crippen LogP contribution in [0, 0.1) is 0 Å². The van der Waals surface area contributed by atoms with E-state index < -0.39 is 51.8 Å². The number of hydrogen-bond donors (Lipinski definition) is 3. The molecular weight excluding hydrogens is 695 g/mol. The number of allylic oxidation sites excluding steroid dienone is 4. The van der Waals surface area contributed by atoms with Gasteiger partial charge in [-0.1, -0.05) is 141 Å². The van der Waals surface area contributed by atoms with E-state index in [1.165, 1.54) is 103 Å². The van der Waals surface area contributed by atoms with Gasteiger partial charge in [0.05, 0.1) is 19.8 Å². The van der Waals surface area contributed by atoms with Crippen molar-refractivity contribution in [3.8, 4) is 0 Å². The van der Waals surface area contributed by atoms with Crippen LogP contribution in [0.15, 0.2) is 24.3 Å². The molecule has 0 saturated heterocycles. The number of esters is 2. The van der Waals surface area contributed by atoms with Gasteiger partial charge in [-0.15, -0.1) is 0 Å². The molecule has 1 unspecified atom stereocenters. The topological polar surface area (TPSA) is 149 Å². The van der Waals surface area contributed by atoms with Crippen molar-refractivity contribution in [1.29, 1.82) is 0 Å². The minimum absolute atomic E-state index is 0.178. The van der Waals surface area contributed by atoms with Gasteiger partial charge in [0.15, 0.2) is 6.10 Å². The van der Waals surface area contributed by atoms with Crippen molar-refractivity contribution in [2.45, 2.75) is 206 Å². The van der Waals surface area contributed by atoms with E-state index in [9.17, 15) is 24.2 Å². The number of carbonyl (C=O) groups excluding carboxylic acids is 2. The predicted octanol–water partition coefficient (Wildman–Crippen LogP) is 11.0. The van der Waals surface area contributed by atoms with Gasteiger partial charge in [-0.3, -0.25) is 18.6 Å². The Morgan fingerprint density at radius 1 is 0.547 bits per heavy atom. The van der Waals surface area contributed by atoms with Crippen molar-refractivity contribution in [3.05, 3.63) is 24.3 Å². The molecule has 0 aliphatic heterocycles. The van der Waals surface area contributed by atoms with Gasteiger partial charge in [0.25, 0.3) is 0 Å². The highest BCUT2D eigenvalue weighted by molar-refractivity contribution is 7.47. The molecule has 0 heterocycles. The normalized spacial score (nSPS) is 14.1. The summed E-state index contributed by atoms with van der Waals surface area (Å²) in [5.41, 5.74) is 0. The standard InChI is InChI=1S/C42H79O10P/c1-3-5-7-9-11-13-15-17-19-21-23-25-27-29-31-33-41(45)49-37-40(38-51-53(47,48)50-36-39(44)35-43)52-42(46)34-32-30-28-26-24-22-20-18-16-14-12-10-8-6-4-2/h14,16,21,23,39-40,43-44H,3-13,15,17-20,22,24-38H2,1-2H3,(H,47,48)/b16-14+,23-21+/t39-,40+/m0/s1. The van der Waals surface area contributed by atoms with Crippen LogP contribution in [0.25, 0.3) is 0 Å². The van der Waals surface area contributed by atoms with Gasteiger partial charge in [0.1, 0.15) is 12.7 Å². The number of hydrogen-bond acceptors (Lipinski definition) is 9. The second kappa shape index (κ2) is 38.7. The lowest BCUT2D eigenvalue weighted by Crippen LogP contribution is -2.29. The van der Waals surface area contributed by atoms with Crippen molar-refractivity contribution >= 4 is 19.8 Å². The summed E-state index contributed by atoms with van der Waals surface area (Å²) in [5.74, 6) is -0.944. The summed E-state index contributed by atoms with van der Waals surface area (Å²) in [6.45, 7) is 2.35. The number of ether oxygens (including phenoxy) is 2. The van der Waals surface area contributed by atoms with Crippen molar-refractivity contribution in [3.63, 3.8) is 0 Å². The Morgan fingerprint density at radius 3 is 1.40 bits per heavy atom. The van der Waals surface area contributed by atoms with Crippen LogP contribution in [0.5, 0.6) is 0 Å². The van der Waals surface area contributed by atoms with Crippen LogP contribution in [0.3, 0.4) is 0 Å². The Bertz CT molecular complexity index is 941. The summed E-state index contributed by atoms with van der Waals surface area (Å²) in [6, 6.07) is 0. The van der Waals surface area contributed by atoms with Crippen LogP contribution in [0.2, 0.25) is 0 Å². The van der Waals surface area contributed by atoms with Crippen LogP contribution in [-0.4, -0.2) is 65.7 Å². The average molecular weight is 775 g/mol. The highest BCUT2D eigenvalue weighted by Crippen LogP contribution is 2.43. The maximum atomic E-state index is 12.6. The monoisotopic (exact) mass is 775 g/mol. The van der Waals surface area contributed by atoms with Crippen LogP contribution < -0.4 is 0 Å². The Balaban J connectivity index is 4.33. The number of carbonyl (C=O) groups is 2. The molecule has 3 atom stereocenters. The molecule has 0 aliphatic carbocycles. The molecule has 0 amide bonds. The Labute approximate surface area is 323 Å². The van der Waals surface area contributed by atoms with Gasteiger partial charge in [0, 0.05) is 12.8 Å². The number of unbranched alkanes of at least 4 members (excludes halogenated alkanes) is 22. The molecule has 53 heavy (non-hydrogen) atoms. The molecule has 0 aliphatic rings. The van der Waals surface area contributed by atoms with Gasteiger partial charge in [-0.05, 0) is 64.2 Å². The molecule has 312 valence electrons. The Kier molecular flexibility index (Phi) is 37.6. The molecule has 0 bridgehead atoms. The molecule has 0 fully saturated rings. The zero-order valence-electron chi connectivity index (χ0n) is 33.7. The third-order valence-electron chi connectivity index (χ3n) is 9.08. The highest BCUT2D eigenvalue weighted by atomic mass is 31.2. The molecule has 0 radical (unpaired) electrons. The molecule has 0 aromatic rings. The molecule has 0 aromatic carbocycles. The first kappa shape index (κ1) is 51.5. The Hall–Kier alpha value is -1.55. The molecule has 3 N–H and O–H groups in total. The maximum absolute atomic E-state index is 12.6. The van der Waals surface area contributed by atoms with E-state index in [4.69, 9.17) is 19.1 Å². The van der Waals surface area contributed by atoms with E-state index >= 15 is 0 Å². The lowest BCUT2D eigenvalue weighted by molar-refractivity contribution is -0.161. The molecular formula is C42H79O10P. The maximum Gasteiger partial charge on any atom is 0.472 e. The zero-order chi connectivity index (χ0) is 39.1. The van der Waals surface area contributed by atoms with Gasteiger partial charge < -0.3 is 24.6 Å². The SMILES string of the molecule is CCCCCC/C=C/CCCCCCCCCC(=O)O[C@H](COC(=O)CCCCC/C=C/CCCCCCCCCC)COP(=O)(O)OC[C@@H](O)CO. The summed E-state index contributed by atoms with van der Waals surface area (Å²) in [5, 5.41) is 18.3. The number of aliphatic hydroxyl groups is 2. The van der Waals surface area contributed by atoms with Gasteiger partial charge in [-0.25, -0.2) is 4.57 Å². The van der Waals surface area contributed by atoms with E-state index in [0.717, 1.165) is 51.4 Å². The first-order valence-corrected chi connectivity index (χ1v) is 22.8. The zero-order valence-corrected chi connectivity index (χ0v) is 34.6. The summed E-state index contributed by atoms with van der Waals surface area (Å²) < 4.78 is 32.7. The molecule has 0 aromatic heterocycles. The quantitative estimate of drug-likeness (QED) is 0.0238. The molecule has 0 rings (SSSR count). The third kappa shape index (κ3) is 38.5. The summed E-state index contributed by atoms with van der Waals surface area (Å²) in [7, 11) is -4.62. The Morgan fingerprint density at radius 2 is 0.925 bits per heavy atom.